The first-order valence-corrected chi connectivity index (χ1v) is 8.41. The molecule has 2 N–H and O–H groups in total. The number of nitrogens with one attached hydrogen (secondary N) is 2. The van der Waals surface area contributed by atoms with Crippen LogP contribution in [0.3, 0.4) is 0 Å². The molecule has 0 saturated heterocycles. The summed E-state index contributed by atoms with van der Waals surface area (Å²) in [6.45, 7) is 2.38. The van der Waals surface area contributed by atoms with Crippen molar-refractivity contribution in [3.05, 3.63) is 69.2 Å². The van der Waals surface area contributed by atoms with E-state index in [1.807, 2.05) is 12.1 Å². The van der Waals surface area contributed by atoms with E-state index in [-0.39, 0.29) is 11.6 Å². The third kappa shape index (κ3) is 6.18. The molecule has 0 radical (unpaired) electrons. The van der Waals surface area contributed by atoms with Crippen molar-refractivity contribution >= 4 is 34.6 Å². The van der Waals surface area contributed by atoms with Gasteiger partial charge >= 0.3 is 0 Å². The number of amides is 1. The summed E-state index contributed by atoms with van der Waals surface area (Å²) in [7, 11) is 0. The van der Waals surface area contributed by atoms with Crippen LogP contribution in [0, 0.1) is 10.1 Å². The van der Waals surface area contributed by atoms with Crippen LogP contribution >= 0.6 is 11.6 Å². The van der Waals surface area contributed by atoms with Crippen molar-refractivity contribution in [2.24, 2.45) is 5.10 Å². The molecule has 0 atom stereocenters. The van der Waals surface area contributed by atoms with E-state index in [0.717, 1.165) is 5.69 Å². The maximum Gasteiger partial charge on any atom is 0.269 e. The summed E-state index contributed by atoms with van der Waals surface area (Å²) in [5.41, 5.74) is 4.74. The second kappa shape index (κ2) is 9.53. The molecule has 0 unspecified atom stereocenters. The number of nitro benzene ring substituents is 1. The molecule has 0 aliphatic carbocycles. The van der Waals surface area contributed by atoms with Gasteiger partial charge in [-0.15, -0.1) is 0 Å². The van der Waals surface area contributed by atoms with E-state index in [9.17, 15) is 14.9 Å². The van der Waals surface area contributed by atoms with Crippen LogP contribution in [0.2, 0.25) is 5.02 Å². The smallest absolute Gasteiger partial charge is 0.269 e. The molecule has 0 fully saturated rings. The fraction of sp³-hybridized carbons (Fsp3) is 0.222. The molecule has 26 heavy (non-hydrogen) atoms. The first-order chi connectivity index (χ1) is 12.5. The van der Waals surface area contributed by atoms with Gasteiger partial charge in [0.1, 0.15) is 0 Å². The minimum Gasteiger partial charge on any atom is -0.385 e. The van der Waals surface area contributed by atoms with Crippen LogP contribution in [-0.2, 0) is 4.79 Å². The lowest BCUT2D eigenvalue weighted by Gasteiger charge is -2.06. The van der Waals surface area contributed by atoms with Crippen LogP contribution in [0.5, 0.6) is 0 Å². The third-order valence-corrected chi connectivity index (χ3v) is 3.85. The number of halogens is 1. The van der Waals surface area contributed by atoms with E-state index in [4.69, 9.17) is 11.6 Å². The predicted molar refractivity (Wildman–Crippen MR) is 103 cm³/mol. The number of benzene rings is 2. The van der Waals surface area contributed by atoms with Crippen LogP contribution in [0.15, 0.2) is 53.6 Å². The first kappa shape index (κ1) is 19.4. The molecule has 2 rings (SSSR count). The van der Waals surface area contributed by atoms with Gasteiger partial charge < -0.3 is 5.32 Å². The van der Waals surface area contributed by atoms with E-state index in [0.29, 0.717) is 35.7 Å². The normalized spacial score (nSPS) is 11.1. The Balaban J connectivity index is 1.73. The van der Waals surface area contributed by atoms with E-state index in [2.05, 4.69) is 15.8 Å². The van der Waals surface area contributed by atoms with Gasteiger partial charge in [-0.2, -0.15) is 5.10 Å². The molecule has 7 nitrogen and oxygen atoms in total. The van der Waals surface area contributed by atoms with Gasteiger partial charge in [0.2, 0.25) is 5.91 Å². The average Bonchev–Trinajstić information content (AvgIpc) is 2.64. The van der Waals surface area contributed by atoms with Crippen LogP contribution in [0.25, 0.3) is 0 Å². The Hall–Kier alpha value is -2.93. The van der Waals surface area contributed by atoms with Crippen molar-refractivity contribution in [3.8, 4) is 0 Å². The number of rotatable bonds is 8. The number of hydrazone groups is 1. The summed E-state index contributed by atoms with van der Waals surface area (Å²) in [5, 5.41) is 18.5. The van der Waals surface area contributed by atoms with Gasteiger partial charge in [-0.05, 0) is 55.3 Å². The number of hydrogen-bond donors (Lipinski definition) is 2. The monoisotopic (exact) mass is 374 g/mol. The largest absolute Gasteiger partial charge is 0.385 e. The van der Waals surface area contributed by atoms with Crippen molar-refractivity contribution in [2.75, 3.05) is 11.9 Å². The van der Waals surface area contributed by atoms with Gasteiger partial charge in [-0.3, -0.25) is 14.9 Å². The second-order valence-corrected chi connectivity index (χ2v) is 6.01. The van der Waals surface area contributed by atoms with Gasteiger partial charge in [0, 0.05) is 35.8 Å². The lowest BCUT2D eigenvalue weighted by Crippen LogP contribution is -2.20. The summed E-state index contributed by atoms with van der Waals surface area (Å²) >= 11 is 5.82. The number of nitro groups is 1. The van der Waals surface area contributed by atoms with Crippen molar-refractivity contribution in [1.82, 2.24) is 5.43 Å². The van der Waals surface area contributed by atoms with E-state index < -0.39 is 4.92 Å². The minimum absolute atomic E-state index is 0.0128. The summed E-state index contributed by atoms with van der Waals surface area (Å²) < 4.78 is 0. The molecule has 0 aliphatic heterocycles. The number of carbonyl (C=O) groups excluding carboxylic acids is 1. The lowest BCUT2D eigenvalue weighted by atomic mass is 10.1. The van der Waals surface area contributed by atoms with Gasteiger partial charge in [0.05, 0.1) is 10.6 Å². The van der Waals surface area contributed by atoms with E-state index in [1.54, 1.807) is 31.2 Å². The molecule has 136 valence electrons. The molecule has 0 spiro atoms. The number of hydrogen-bond acceptors (Lipinski definition) is 5. The Kier molecular flexibility index (Phi) is 7.11. The SMILES string of the molecule is C/C(=N\NC(=O)CCCNc1ccc(Cl)cc1)c1ccc([N+](=O)[O-])cc1. The highest BCUT2D eigenvalue weighted by Gasteiger charge is 2.06. The van der Waals surface area contributed by atoms with Gasteiger partial charge in [-0.25, -0.2) is 5.43 Å². The Labute approximate surface area is 156 Å². The van der Waals surface area contributed by atoms with Crippen LogP contribution in [0.4, 0.5) is 11.4 Å². The zero-order valence-corrected chi connectivity index (χ0v) is 15.0. The molecule has 1 amide bonds. The third-order valence-electron chi connectivity index (χ3n) is 3.60. The van der Waals surface area contributed by atoms with Gasteiger partial charge in [0.25, 0.3) is 5.69 Å². The lowest BCUT2D eigenvalue weighted by molar-refractivity contribution is -0.384. The Bertz CT molecular complexity index is 789. The molecule has 0 aliphatic rings. The second-order valence-electron chi connectivity index (χ2n) is 5.57. The molecule has 0 saturated carbocycles. The van der Waals surface area contributed by atoms with Crippen molar-refractivity contribution in [2.45, 2.75) is 19.8 Å². The highest BCUT2D eigenvalue weighted by molar-refractivity contribution is 6.30. The summed E-state index contributed by atoms with van der Waals surface area (Å²) in [5.74, 6) is -0.191. The molecule has 0 aromatic heterocycles. The summed E-state index contributed by atoms with van der Waals surface area (Å²) in [6.07, 6.45) is 0.984. The fourth-order valence-electron chi connectivity index (χ4n) is 2.14. The highest BCUT2D eigenvalue weighted by Crippen LogP contribution is 2.14. The number of nitrogens with zero attached hydrogens (tertiary/aromatic N) is 2. The number of carbonyl (C=O) groups is 1. The van der Waals surface area contributed by atoms with Crippen LogP contribution in [0.1, 0.15) is 25.3 Å². The average molecular weight is 375 g/mol. The molecule has 0 bridgehead atoms. The molecular formula is C18H19ClN4O3. The Morgan fingerprint density at radius 2 is 1.81 bits per heavy atom. The quantitative estimate of drug-likeness (QED) is 0.316. The van der Waals surface area contributed by atoms with Gasteiger partial charge in [0.15, 0.2) is 0 Å². The van der Waals surface area contributed by atoms with Crippen molar-refractivity contribution in [1.29, 1.82) is 0 Å². The number of non-ortho nitro benzene ring substituents is 1. The number of anilines is 1. The van der Waals surface area contributed by atoms with E-state index in [1.165, 1.54) is 12.1 Å². The zero-order chi connectivity index (χ0) is 18.9. The predicted octanol–water partition coefficient (Wildman–Crippen LogP) is 3.98. The van der Waals surface area contributed by atoms with Crippen molar-refractivity contribution in [3.63, 3.8) is 0 Å². The Morgan fingerprint density at radius 1 is 1.15 bits per heavy atom. The minimum atomic E-state index is -0.462. The fourth-order valence-corrected chi connectivity index (χ4v) is 2.27. The van der Waals surface area contributed by atoms with Crippen LogP contribution < -0.4 is 10.7 Å². The zero-order valence-electron chi connectivity index (χ0n) is 14.2. The topological polar surface area (TPSA) is 96.6 Å². The van der Waals surface area contributed by atoms with Crippen molar-refractivity contribution < 1.29 is 9.72 Å². The Morgan fingerprint density at radius 3 is 2.42 bits per heavy atom. The standard InChI is InChI=1S/C18H19ClN4O3/c1-13(14-4-10-17(11-5-14)23(25)26)21-22-18(24)3-2-12-20-16-8-6-15(19)7-9-16/h4-11,20H,2-3,12H2,1H3,(H,22,24)/b21-13+. The highest BCUT2D eigenvalue weighted by atomic mass is 35.5. The molecule has 2 aromatic rings. The maximum absolute atomic E-state index is 11.8. The summed E-state index contributed by atoms with van der Waals surface area (Å²) in [6, 6.07) is 13.3. The molecule has 8 heteroatoms. The molecule has 0 heterocycles. The van der Waals surface area contributed by atoms with Gasteiger partial charge in [-0.1, -0.05) is 11.6 Å². The van der Waals surface area contributed by atoms with Crippen LogP contribution in [-0.4, -0.2) is 23.1 Å². The summed E-state index contributed by atoms with van der Waals surface area (Å²) in [4.78, 5) is 22.0. The first-order valence-electron chi connectivity index (χ1n) is 8.03. The van der Waals surface area contributed by atoms with E-state index >= 15 is 0 Å². The molecule has 2 aromatic carbocycles. The molecular weight excluding hydrogens is 356 g/mol. The maximum atomic E-state index is 11.8.